The molecule has 0 saturated heterocycles. The highest BCUT2D eigenvalue weighted by molar-refractivity contribution is 6.36. The van der Waals surface area contributed by atoms with Crippen LogP contribution in [0.1, 0.15) is 30.1 Å². The predicted molar refractivity (Wildman–Crippen MR) is 114 cm³/mol. The highest BCUT2D eigenvalue weighted by Crippen LogP contribution is 2.26. The van der Waals surface area contributed by atoms with Crippen LogP contribution in [-0.2, 0) is 9.53 Å². The van der Waals surface area contributed by atoms with Crippen molar-refractivity contribution in [1.29, 1.82) is 5.26 Å². The van der Waals surface area contributed by atoms with Crippen molar-refractivity contribution in [2.24, 2.45) is 0 Å². The molecule has 8 heteroatoms. The number of ether oxygens (including phenoxy) is 1. The van der Waals surface area contributed by atoms with Gasteiger partial charge in [-0.1, -0.05) is 48.7 Å². The molecule has 0 aliphatic heterocycles. The molecule has 2 N–H and O–H groups in total. The van der Waals surface area contributed by atoms with Crippen LogP contribution >= 0.6 is 23.2 Å². The standard InChI is InChI=1S/C21H19Cl2N3O3/c1-2-3-10-29-21(28)16-6-4-5-7-18(16)25-13-14(12-24)20(27)26-19-11-15(22)8-9-17(19)23/h4-9,11,13,25H,2-3,10H2,1H3,(H,26,27)/b14-13-. The molecule has 6 nitrogen and oxygen atoms in total. The summed E-state index contributed by atoms with van der Waals surface area (Å²) in [4.78, 5) is 24.6. The first kappa shape index (κ1) is 22.3. The number of hydrogen-bond acceptors (Lipinski definition) is 5. The number of nitrogens with one attached hydrogen (secondary N) is 2. The first-order chi connectivity index (χ1) is 14.0. The molecular weight excluding hydrogens is 413 g/mol. The number of benzene rings is 2. The Hall–Kier alpha value is -3.01. The Bertz CT molecular complexity index is 968. The molecule has 0 saturated carbocycles. The van der Waals surface area contributed by atoms with Crippen molar-refractivity contribution in [3.63, 3.8) is 0 Å². The number of amides is 1. The molecule has 0 aliphatic rings. The minimum absolute atomic E-state index is 0.213. The molecule has 1 amide bonds. The van der Waals surface area contributed by atoms with E-state index in [1.165, 1.54) is 18.3 Å². The molecule has 0 radical (unpaired) electrons. The average molecular weight is 432 g/mol. The van der Waals surface area contributed by atoms with E-state index in [-0.39, 0.29) is 16.3 Å². The van der Waals surface area contributed by atoms with Gasteiger partial charge in [-0.05, 0) is 36.8 Å². The first-order valence-electron chi connectivity index (χ1n) is 8.85. The fourth-order valence-electron chi connectivity index (χ4n) is 2.26. The number of nitriles is 1. The molecule has 2 aromatic carbocycles. The van der Waals surface area contributed by atoms with E-state index in [1.54, 1.807) is 30.3 Å². The van der Waals surface area contributed by atoms with Crippen LogP contribution in [0.2, 0.25) is 10.0 Å². The van der Waals surface area contributed by atoms with Gasteiger partial charge in [0.15, 0.2) is 0 Å². The van der Waals surface area contributed by atoms with E-state index in [0.29, 0.717) is 22.9 Å². The molecule has 150 valence electrons. The summed E-state index contributed by atoms with van der Waals surface area (Å²) in [5.41, 5.74) is 0.784. The van der Waals surface area contributed by atoms with Gasteiger partial charge < -0.3 is 15.4 Å². The van der Waals surface area contributed by atoms with Gasteiger partial charge in [0.25, 0.3) is 5.91 Å². The molecule has 0 heterocycles. The molecule has 29 heavy (non-hydrogen) atoms. The summed E-state index contributed by atoms with van der Waals surface area (Å²) in [6, 6.07) is 13.1. The van der Waals surface area contributed by atoms with E-state index in [4.69, 9.17) is 27.9 Å². The third-order valence-corrected chi connectivity index (χ3v) is 4.36. The Kier molecular flexibility index (Phi) is 8.53. The Labute approximate surface area is 179 Å². The van der Waals surface area contributed by atoms with Gasteiger partial charge in [0.1, 0.15) is 11.6 Å². The van der Waals surface area contributed by atoms with Crippen molar-refractivity contribution in [3.05, 3.63) is 69.8 Å². The van der Waals surface area contributed by atoms with Gasteiger partial charge in [-0.15, -0.1) is 0 Å². The number of anilines is 2. The average Bonchev–Trinajstić information content (AvgIpc) is 2.71. The SMILES string of the molecule is CCCCOC(=O)c1ccccc1N/C=C(/C#N)C(=O)Nc1cc(Cl)ccc1Cl. The Morgan fingerprint density at radius 2 is 1.93 bits per heavy atom. The number of para-hydroxylation sites is 1. The Morgan fingerprint density at radius 3 is 2.66 bits per heavy atom. The van der Waals surface area contributed by atoms with Crippen LogP contribution in [-0.4, -0.2) is 18.5 Å². The van der Waals surface area contributed by atoms with Crippen molar-refractivity contribution < 1.29 is 14.3 Å². The number of esters is 1. The van der Waals surface area contributed by atoms with Crippen LogP contribution in [0.15, 0.2) is 54.2 Å². The molecule has 0 aliphatic carbocycles. The van der Waals surface area contributed by atoms with Gasteiger partial charge in [0.2, 0.25) is 0 Å². The van der Waals surface area contributed by atoms with Crippen LogP contribution in [0.25, 0.3) is 0 Å². The topological polar surface area (TPSA) is 91.2 Å². The summed E-state index contributed by atoms with van der Waals surface area (Å²) in [5, 5.41) is 15.4. The molecule has 0 unspecified atom stereocenters. The molecular formula is C21H19Cl2N3O3. The maximum absolute atomic E-state index is 12.4. The van der Waals surface area contributed by atoms with E-state index in [2.05, 4.69) is 10.6 Å². The summed E-state index contributed by atoms with van der Waals surface area (Å²) in [7, 11) is 0. The first-order valence-corrected chi connectivity index (χ1v) is 9.61. The van der Waals surface area contributed by atoms with E-state index >= 15 is 0 Å². The minimum atomic E-state index is -0.674. The van der Waals surface area contributed by atoms with Gasteiger partial charge in [-0.3, -0.25) is 4.79 Å². The second kappa shape index (κ2) is 11.1. The third kappa shape index (κ3) is 6.53. The highest BCUT2D eigenvalue weighted by Gasteiger charge is 2.14. The van der Waals surface area contributed by atoms with Crippen molar-refractivity contribution in [1.82, 2.24) is 0 Å². The predicted octanol–water partition coefficient (Wildman–Crippen LogP) is 5.41. The molecule has 0 bridgehead atoms. The second-order valence-corrected chi connectivity index (χ2v) is 6.77. The van der Waals surface area contributed by atoms with Crippen LogP contribution < -0.4 is 10.6 Å². The van der Waals surface area contributed by atoms with Crippen LogP contribution in [0, 0.1) is 11.3 Å². The number of hydrogen-bond donors (Lipinski definition) is 2. The largest absolute Gasteiger partial charge is 0.462 e. The molecule has 0 fully saturated rings. The van der Waals surface area contributed by atoms with E-state index in [1.807, 2.05) is 13.0 Å². The van der Waals surface area contributed by atoms with E-state index in [0.717, 1.165) is 12.8 Å². The molecule has 0 spiro atoms. The van der Waals surface area contributed by atoms with Gasteiger partial charge in [-0.2, -0.15) is 5.26 Å². The maximum Gasteiger partial charge on any atom is 0.340 e. The lowest BCUT2D eigenvalue weighted by Gasteiger charge is -2.10. The molecule has 2 rings (SSSR count). The number of carbonyl (C=O) groups is 2. The third-order valence-electron chi connectivity index (χ3n) is 3.79. The minimum Gasteiger partial charge on any atom is -0.462 e. The fourth-order valence-corrected chi connectivity index (χ4v) is 2.59. The van der Waals surface area contributed by atoms with Gasteiger partial charge in [0.05, 0.1) is 28.6 Å². The second-order valence-electron chi connectivity index (χ2n) is 5.93. The number of carbonyl (C=O) groups excluding carboxylic acids is 2. The fraction of sp³-hybridized carbons (Fsp3) is 0.190. The smallest absolute Gasteiger partial charge is 0.340 e. The molecule has 2 aromatic rings. The lowest BCUT2D eigenvalue weighted by atomic mass is 10.1. The zero-order valence-electron chi connectivity index (χ0n) is 15.7. The van der Waals surface area contributed by atoms with Crippen LogP contribution in [0.4, 0.5) is 11.4 Å². The Balaban J connectivity index is 2.14. The van der Waals surface area contributed by atoms with Gasteiger partial charge in [0, 0.05) is 11.2 Å². The van der Waals surface area contributed by atoms with E-state index < -0.39 is 11.9 Å². The van der Waals surface area contributed by atoms with Crippen LogP contribution in [0.5, 0.6) is 0 Å². The summed E-state index contributed by atoms with van der Waals surface area (Å²) in [5.74, 6) is -1.16. The normalized spacial score (nSPS) is 10.8. The summed E-state index contributed by atoms with van der Waals surface area (Å²) < 4.78 is 5.22. The van der Waals surface area contributed by atoms with Gasteiger partial charge in [-0.25, -0.2) is 4.79 Å². The summed E-state index contributed by atoms with van der Waals surface area (Å²) >= 11 is 11.9. The van der Waals surface area contributed by atoms with Gasteiger partial charge >= 0.3 is 5.97 Å². The highest BCUT2D eigenvalue weighted by atomic mass is 35.5. The maximum atomic E-state index is 12.4. The van der Waals surface area contributed by atoms with Crippen molar-refractivity contribution in [2.75, 3.05) is 17.2 Å². The van der Waals surface area contributed by atoms with Crippen molar-refractivity contribution in [2.45, 2.75) is 19.8 Å². The molecule has 0 aromatic heterocycles. The zero-order chi connectivity index (χ0) is 21.2. The zero-order valence-corrected chi connectivity index (χ0v) is 17.2. The quantitative estimate of drug-likeness (QED) is 0.252. The number of unbranched alkanes of at least 4 members (excludes halogenated alkanes) is 1. The monoisotopic (exact) mass is 431 g/mol. The number of halogens is 2. The lowest BCUT2D eigenvalue weighted by molar-refractivity contribution is -0.112. The molecule has 0 atom stereocenters. The summed E-state index contributed by atoms with van der Waals surface area (Å²) in [6.45, 7) is 2.32. The number of rotatable bonds is 8. The number of nitrogens with zero attached hydrogens (tertiary/aromatic N) is 1. The van der Waals surface area contributed by atoms with Crippen molar-refractivity contribution >= 4 is 46.5 Å². The van der Waals surface area contributed by atoms with Crippen LogP contribution in [0.3, 0.4) is 0 Å². The summed E-state index contributed by atoms with van der Waals surface area (Å²) in [6.07, 6.45) is 2.89. The Morgan fingerprint density at radius 1 is 1.17 bits per heavy atom. The van der Waals surface area contributed by atoms with Crippen molar-refractivity contribution in [3.8, 4) is 6.07 Å². The van der Waals surface area contributed by atoms with E-state index in [9.17, 15) is 14.9 Å². The lowest BCUT2D eigenvalue weighted by Crippen LogP contribution is -2.15.